The Hall–Kier alpha value is -0.660. The first-order valence-electron chi connectivity index (χ1n) is 3.94. The fraction of sp³-hybridized carbons (Fsp3) is 0.750. The van der Waals surface area contributed by atoms with Crippen molar-refractivity contribution < 1.29 is 0 Å². The zero-order valence-electron chi connectivity index (χ0n) is 6.25. The minimum atomic E-state index is 0.190. The van der Waals surface area contributed by atoms with Gasteiger partial charge in [0, 0.05) is 18.3 Å². The Morgan fingerprint density at radius 2 is 2.50 bits per heavy atom. The highest BCUT2D eigenvalue weighted by molar-refractivity contribution is 5.92. The lowest BCUT2D eigenvalue weighted by Gasteiger charge is -2.12. The summed E-state index contributed by atoms with van der Waals surface area (Å²) in [6.45, 7) is 3.12. The highest BCUT2D eigenvalue weighted by atomic mass is 15.1. The summed E-state index contributed by atoms with van der Waals surface area (Å²) in [4.78, 5) is 8.53. The molecule has 2 nitrogen and oxygen atoms in total. The first-order chi connectivity index (χ1) is 4.87. The van der Waals surface area contributed by atoms with Gasteiger partial charge in [0.1, 0.15) is 5.54 Å². The van der Waals surface area contributed by atoms with Crippen LogP contribution in [0.2, 0.25) is 0 Å². The second-order valence-corrected chi connectivity index (χ2v) is 3.13. The van der Waals surface area contributed by atoms with E-state index in [0.717, 1.165) is 6.54 Å². The number of hydrogen-bond acceptors (Lipinski definition) is 2. The first kappa shape index (κ1) is 6.08. The summed E-state index contributed by atoms with van der Waals surface area (Å²) in [6.07, 6.45) is 6.61. The molecule has 2 aliphatic rings. The third-order valence-electron chi connectivity index (χ3n) is 2.33. The molecule has 2 rings (SSSR count). The van der Waals surface area contributed by atoms with Crippen LogP contribution in [0, 0.1) is 5.92 Å². The number of hydrogen-bond donors (Lipinski definition) is 0. The van der Waals surface area contributed by atoms with E-state index >= 15 is 0 Å². The Balaban J connectivity index is 2.00. The van der Waals surface area contributed by atoms with Crippen LogP contribution in [-0.4, -0.2) is 24.5 Å². The molecule has 0 fully saturated rings. The molecule has 0 N–H and O–H groups in total. The van der Waals surface area contributed by atoms with Crippen LogP contribution in [-0.2, 0) is 0 Å². The summed E-state index contributed by atoms with van der Waals surface area (Å²) in [5.74, 6) is 0.623. The minimum absolute atomic E-state index is 0.190. The molecule has 2 atom stereocenters. The van der Waals surface area contributed by atoms with Crippen LogP contribution in [0.4, 0.5) is 0 Å². The quantitative estimate of drug-likeness (QED) is 0.547. The van der Waals surface area contributed by atoms with E-state index in [-0.39, 0.29) is 5.54 Å². The van der Waals surface area contributed by atoms with E-state index in [0.29, 0.717) is 5.92 Å². The van der Waals surface area contributed by atoms with E-state index < -0.39 is 0 Å². The molecule has 2 aliphatic heterocycles. The van der Waals surface area contributed by atoms with Crippen molar-refractivity contribution in [3.63, 3.8) is 0 Å². The Morgan fingerprint density at radius 3 is 3.10 bits per heavy atom. The van der Waals surface area contributed by atoms with Gasteiger partial charge in [-0.2, -0.15) is 0 Å². The average molecular weight is 136 g/mol. The van der Waals surface area contributed by atoms with Gasteiger partial charge in [0.15, 0.2) is 0 Å². The van der Waals surface area contributed by atoms with E-state index in [2.05, 4.69) is 29.3 Å². The van der Waals surface area contributed by atoms with Crippen molar-refractivity contribution in [2.45, 2.75) is 25.3 Å². The van der Waals surface area contributed by atoms with Gasteiger partial charge < -0.3 is 0 Å². The van der Waals surface area contributed by atoms with Crippen molar-refractivity contribution in [2.75, 3.05) is 6.54 Å². The van der Waals surface area contributed by atoms with Gasteiger partial charge in [-0.25, -0.2) is 0 Å². The predicted octanol–water partition coefficient (Wildman–Crippen LogP) is 1.31. The van der Waals surface area contributed by atoms with Crippen molar-refractivity contribution in [1.29, 1.82) is 0 Å². The monoisotopic (exact) mass is 136 g/mol. The molecular weight excluding hydrogens is 124 g/mol. The Kier molecular flexibility index (Phi) is 1.16. The third kappa shape index (κ3) is 0.713. The standard InChI is InChI=1S/C8H12N2/c1-2-3-7-4-9-5-8(7)6-10-8/h4,6-7H,2-3,5H2,1H3. The lowest BCUT2D eigenvalue weighted by Crippen LogP contribution is -2.24. The van der Waals surface area contributed by atoms with E-state index in [9.17, 15) is 0 Å². The van der Waals surface area contributed by atoms with E-state index in [1.807, 2.05) is 0 Å². The molecule has 0 aromatic carbocycles. The van der Waals surface area contributed by atoms with Crippen molar-refractivity contribution >= 4 is 12.4 Å². The minimum Gasteiger partial charge on any atom is -0.294 e. The summed E-state index contributed by atoms with van der Waals surface area (Å²) >= 11 is 0. The zero-order valence-corrected chi connectivity index (χ0v) is 6.25. The average Bonchev–Trinajstić information content (AvgIpc) is 2.57. The molecule has 0 radical (unpaired) electrons. The molecule has 2 heteroatoms. The van der Waals surface area contributed by atoms with Gasteiger partial charge in [0.05, 0.1) is 6.54 Å². The second kappa shape index (κ2) is 1.91. The summed E-state index contributed by atoms with van der Waals surface area (Å²) < 4.78 is 0. The summed E-state index contributed by atoms with van der Waals surface area (Å²) in [5.41, 5.74) is 0.190. The van der Waals surface area contributed by atoms with E-state index in [4.69, 9.17) is 0 Å². The maximum absolute atomic E-state index is 4.28. The lowest BCUT2D eigenvalue weighted by atomic mass is 9.91. The molecule has 54 valence electrons. The molecule has 10 heavy (non-hydrogen) atoms. The van der Waals surface area contributed by atoms with Crippen molar-refractivity contribution in [1.82, 2.24) is 0 Å². The molecule has 1 spiro atoms. The van der Waals surface area contributed by atoms with Gasteiger partial charge in [-0.15, -0.1) is 0 Å². The predicted molar refractivity (Wildman–Crippen MR) is 43.0 cm³/mol. The molecule has 0 bridgehead atoms. The molecule has 0 saturated carbocycles. The molecule has 0 aliphatic carbocycles. The molecular formula is C8H12N2. The maximum Gasteiger partial charge on any atom is 0.122 e. The van der Waals surface area contributed by atoms with Gasteiger partial charge in [-0.1, -0.05) is 13.3 Å². The van der Waals surface area contributed by atoms with Crippen molar-refractivity contribution in [3.8, 4) is 0 Å². The van der Waals surface area contributed by atoms with Gasteiger partial charge in [0.2, 0.25) is 0 Å². The molecule has 0 saturated heterocycles. The van der Waals surface area contributed by atoms with Gasteiger partial charge in [0.25, 0.3) is 0 Å². The van der Waals surface area contributed by atoms with Crippen LogP contribution in [0.25, 0.3) is 0 Å². The van der Waals surface area contributed by atoms with Crippen molar-refractivity contribution in [2.24, 2.45) is 15.9 Å². The molecule has 2 heterocycles. The third-order valence-corrected chi connectivity index (χ3v) is 2.33. The summed E-state index contributed by atoms with van der Waals surface area (Å²) in [5, 5.41) is 0. The van der Waals surface area contributed by atoms with Crippen LogP contribution in [0.1, 0.15) is 19.8 Å². The largest absolute Gasteiger partial charge is 0.294 e. The van der Waals surface area contributed by atoms with Crippen molar-refractivity contribution in [3.05, 3.63) is 0 Å². The highest BCUT2D eigenvalue weighted by Crippen LogP contribution is 2.35. The fourth-order valence-corrected chi connectivity index (χ4v) is 1.56. The Bertz CT molecular complexity index is 187. The number of aliphatic imine (C=N–C) groups is 2. The second-order valence-electron chi connectivity index (χ2n) is 3.13. The fourth-order valence-electron chi connectivity index (χ4n) is 1.56. The molecule has 0 amide bonds. The summed E-state index contributed by atoms with van der Waals surface area (Å²) in [7, 11) is 0. The molecule has 0 aromatic heterocycles. The maximum atomic E-state index is 4.28. The van der Waals surface area contributed by atoms with E-state index in [1.165, 1.54) is 12.8 Å². The Labute approximate surface area is 61.1 Å². The van der Waals surface area contributed by atoms with Crippen LogP contribution >= 0.6 is 0 Å². The molecule has 2 unspecified atom stereocenters. The van der Waals surface area contributed by atoms with Crippen LogP contribution in [0.15, 0.2) is 9.98 Å². The van der Waals surface area contributed by atoms with Gasteiger partial charge >= 0.3 is 0 Å². The van der Waals surface area contributed by atoms with E-state index in [1.54, 1.807) is 0 Å². The Morgan fingerprint density at radius 1 is 1.70 bits per heavy atom. The van der Waals surface area contributed by atoms with Crippen LogP contribution in [0.5, 0.6) is 0 Å². The number of nitrogens with zero attached hydrogens (tertiary/aromatic N) is 2. The van der Waals surface area contributed by atoms with Gasteiger partial charge in [-0.05, 0) is 6.42 Å². The topological polar surface area (TPSA) is 24.7 Å². The highest BCUT2D eigenvalue weighted by Gasteiger charge is 2.46. The normalized spacial score (nSPS) is 41.5. The zero-order chi connectivity index (χ0) is 7.03. The van der Waals surface area contributed by atoms with Crippen LogP contribution < -0.4 is 0 Å². The molecule has 0 aromatic rings. The first-order valence-corrected chi connectivity index (χ1v) is 3.94. The lowest BCUT2D eigenvalue weighted by molar-refractivity contribution is 0.523. The SMILES string of the molecule is CCCC1C=NCC12C=N2. The van der Waals surface area contributed by atoms with Crippen LogP contribution in [0.3, 0.4) is 0 Å². The smallest absolute Gasteiger partial charge is 0.122 e. The van der Waals surface area contributed by atoms with Gasteiger partial charge in [-0.3, -0.25) is 9.98 Å². The number of rotatable bonds is 2. The summed E-state index contributed by atoms with van der Waals surface area (Å²) in [6, 6.07) is 0.